The maximum absolute atomic E-state index is 6.80. The van der Waals surface area contributed by atoms with Crippen molar-refractivity contribution in [1.29, 1.82) is 0 Å². The first kappa shape index (κ1) is 22.6. The van der Waals surface area contributed by atoms with Crippen molar-refractivity contribution in [3.05, 3.63) is 105 Å². The summed E-state index contributed by atoms with van der Waals surface area (Å²) < 4.78 is 12.3. The third-order valence-electron chi connectivity index (χ3n) is 5.58. The second-order valence-corrected chi connectivity index (χ2v) is 8.81. The van der Waals surface area contributed by atoms with E-state index in [1.54, 1.807) is 0 Å². The van der Waals surface area contributed by atoms with Crippen LogP contribution in [0.2, 0.25) is 15.1 Å². The molecule has 1 fully saturated rings. The zero-order valence-corrected chi connectivity index (χ0v) is 19.3. The Balaban J connectivity index is 1.77. The molecule has 4 rings (SSSR count). The first-order valence-electron chi connectivity index (χ1n) is 10.3. The molecule has 3 aromatic carbocycles. The topological polar surface area (TPSA) is 21.7 Å². The van der Waals surface area contributed by atoms with Gasteiger partial charge >= 0.3 is 0 Å². The van der Waals surface area contributed by atoms with E-state index in [9.17, 15) is 0 Å². The lowest BCUT2D eigenvalue weighted by Gasteiger charge is -2.37. The van der Waals surface area contributed by atoms with Crippen LogP contribution in [0.1, 0.15) is 16.7 Å². The number of halogens is 3. The highest BCUT2D eigenvalue weighted by molar-refractivity contribution is 6.31. The Kier molecular flexibility index (Phi) is 7.55. The first-order chi connectivity index (χ1) is 15.1. The van der Waals surface area contributed by atoms with Crippen LogP contribution in [-0.2, 0) is 15.1 Å². The van der Waals surface area contributed by atoms with Crippen molar-refractivity contribution in [2.24, 2.45) is 0 Å². The molecule has 0 bridgehead atoms. The van der Waals surface area contributed by atoms with Gasteiger partial charge in [-0.1, -0.05) is 71.2 Å². The molecule has 3 nitrogen and oxygen atoms in total. The smallest absolute Gasteiger partial charge is 0.143 e. The average Bonchev–Trinajstić information content (AvgIpc) is 2.80. The second-order valence-electron chi connectivity index (χ2n) is 7.50. The van der Waals surface area contributed by atoms with Gasteiger partial charge in [-0.25, -0.2) is 0 Å². The van der Waals surface area contributed by atoms with Crippen LogP contribution < -0.4 is 0 Å². The van der Waals surface area contributed by atoms with E-state index in [1.807, 2.05) is 72.8 Å². The molecule has 0 radical (unpaired) electrons. The molecule has 31 heavy (non-hydrogen) atoms. The largest absolute Gasteiger partial charge is 0.379 e. The fourth-order valence-corrected chi connectivity index (χ4v) is 4.33. The lowest BCUT2D eigenvalue weighted by molar-refractivity contribution is -0.0188. The molecule has 1 saturated heterocycles. The average molecular weight is 477 g/mol. The first-order valence-corrected chi connectivity index (χ1v) is 11.4. The highest BCUT2D eigenvalue weighted by atomic mass is 35.5. The highest BCUT2D eigenvalue weighted by Gasteiger charge is 2.38. The number of nitrogens with zero attached hydrogens (tertiary/aromatic N) is 1. The molecule has 0 aliphatic carbocycles. The molecule has 0 saturated carbocycles. The summed E-state index contributed by atoms with van der Waals surface area (Å²) in [7, 11) is 0. The third kappa shape index (κ3) is 5.25. The van der Waals surface area contributed by atoms with Gasteiger partial charge in [0.25, 0.3) is 0 Å². The summed E-state index contributed by atoms with van der Waals surface area (Å²) in [6, 6.07) is 23.4. The van der Waals surface area contributed by atoms with Crippen molar-refractivity contribution in [2.75, 3.05) is 39.5 Å². The number of benzene rings is 3. The molecular formula is C25H24Cl3NO2. The monoisotopic (exact) mass is 475 g/mol. The van der Waals surface area contributed by atoms with Crippen molar-refractivity contribution in [3.8, 4) is 0 Å². The lowest BCUT2D eigenvalue weighted by Crippen LogP contribution is -2.40. The molecule has 0 spiro atoms. The van der Waals surface area contributed by atoms with Crippen LogP contribution in [0.3, 0.4) is 0 Å². The van der Waals surface area contributed by atoms with E-state index in [4.69, 9.17) is 44.3 Å². The van der Waals surface area contributed by atoms with Crippen molar-refractivity contribution in [3.63, 3.8) is 0 Å². The number of morpholine rings is 1. The SMILES string of the molecule is Clc1ccc(C(OCCN2CCOCC2)(c2ccc(Cl)cc2)c2ccc(Cl)cc2)cc1. The molecule has 0 atom stereocenters. The van der Waals surface area contributed by atoms with E-state index in [1.165, 1.54) is 0 Å². The Morgan fingerprint density at radius 3 is 1.45 bits per heavy atom. The van der Waals surface area contributed by atoms with Crippen LogP contribution in [0.4, 0.5) is 0 Å². The van der Waals surface area contributed by atoms with Gasteiger partial charge in [0.15, 0.2) is 0 Å². The maximum atomic E-state index is 6.80. The van der Waals surface area contributed by atoms with Crippen LogP contribution in [0.5, 0.6) is 0 Å². The summed E-state index contributed by atoms with van der Waals surface area (Å²) >= 11 is 18.6. The van der Waals surface area contributed by atoms with E-state index in [0.29, 0.717) is 21.7 Å². The van der Waals surface area contributed by atoms with Crippen molar-refractivity contribution in [1.82, 2.24) is 4.90 Å². The van der Waals surface area contributed by atoms with Crippen molar-refractivity contribution in [2.45, 2.75) is 5.60 Å². The van der Waals surface area contributed by atoms with Gasteiger partial charge in [0.2, 0.25) is 0 Å². The minimum absolute atomic E-state index is 0.549. The van der Waals surface area contributed by atoms with Crippen molar-refractivity contribution >= 4 is 34.8 Å². The van der Waals surface area contributed by atoms with Crippen LogP contribution in [-0.4, -0.2) is 44.4 Å². The van der Waals surface area contributed by atoms with Gasteiger partial charge in [0, 0.05) is 34.7 Å². The molecule has 1 heterocycles. The summed E-state index contributed by atoms with van der Waals surface area (Å²) in [6.45, 7) is 4.72. The summed E-state index contributed by atoms with van der Waals surface area (Å²) in [5.41, 5.74) is 2.14. The van der Waals surface area contributed by atoms with Gasteiger partial charge in [-0.2, -0.15) is 0 Å². The molecule has 0 N–H and O–H groups in total. The van der Waals surface area contributed by atoms with Crippen LogP contribution >= 0.6 is 34.8 Å². The van der Waals surface area contributed by atoms with Gasteiger partial charge < -0.3 is 9.47 Å². The molecule has 1 aliphatic heterocycles. The summed E-state index contributed by atoms with van der Waals surface area (Å²) in [6.07, 6.45) is 0. The van der Waals surface area contributed by atoms with Gasteiger partial charge in [0.05, 0.1) is 19.8 Å². The normalized spacial score (nSPS) is 15.2. The molecule has 0 amide bonds. The van der Waals surface area contributed by atoms with Crippen LogP contribution in [0.15, 0.2) is 72.8 Å². The zero-order valence-electron chi connectivity index (χ0n) is 17.1. The number of hydrogen-bond acceptors (Lipinski definition) is 3. The number of rotatable bonds is 7. The van der Waals surface area contributed by atoms with E-state index in [-0.39, 0.29) is 0 Å². The summed E-state index contributed by atoms with van der Waals surface area (Å²) in [4.78, 5) is 2.36. The van der Waals surface area contributed by atoms with Gasteiger partial charge in [0.1, 0.15) is 5.60 Å². The van der Waals surface area contributed by atoms with Crippen molar-refractivity contribution < 1.29 is 9.47 Å². The second kappa shape index (κ2) is 10.4. The fraction of sp³-hybridized carbons (Fsp3) is 0.280. The minimum atomic E-state index is -0.827. The quantitative estimate of drug-likeness (QED) is 0.374. The number of hydrogen-bond donors (Lipinski definition) is 0. The molecule has 1 aliphatic rings. The third-order valence-corrected chi connectivity index (χ3v) is 6.34. The Labute approximate surface area is 198 Å². The van der Waals surface area contributed by atoms with Gasteiger partial charge in [-0.3, -0.25) is 4.90 Å². The predicted octanol–water partition coefficient (Wildman–Crippen LogP) is 6.29. The van der Waals surface area contributed by atoms with E-state index >= 15 is 0 Å². The van der Waals surface area contributed by atoms with Gasteiger partial charge in [-0.15, -0.1) is 0 Å². The zero-order chi connectivity index (χ0) is 21.7. The van der Waals surface area contributed by atoms with E-state index in [0.717, 1.165) is 49.5 Å². The lowest BCUT2D eigenvalue weighted by atomic mass is 9.80. The molecular weight excluding hydrogens is 453 g/mol. The Morgan fingerprint density at radius 1 is 0.677 bits per heavy atom. The summed E-state index contributed by atoms with van der Waals surface area (Å²) in [5, 5.41) is 2.04. The molecule has 0 aromatic heterocycles. The molecule has 162 valence electrons. The highest BCUT2D eigenvalue weighted by Crippen LogP contribution is 2.41. The fourth-order valence-electron chi connectivity index (χ4n) is 3.96. The van der Waals surface area contributed by atoms with Gasteiger partial charge in [-0.05, 0) is 53.1 Å². The maximum Gasteiger partial charge on any atom is 0.143 e. The number of ether oxygens (including phenoxy) is 2. The molecule has 0 unspecified atom stereocenters. The van der Waals surface area contributed by atoms with Crippen LogP contribution in [0.25, 0.3) is 0 Å². The van der Waals surface area contributed by atoms with Crippen LogP contribution in [0, 0.1) is 0 Å². The van der Waals surface area contributed by atoms with E-state index in [2.05, 4.69) is 4.90 Å². The standard InChI is InChI=1S/C25H24Cl3NO2/c26-22-7-1-19(2-8-22)25(20-3-9-23(27)10-4-20,21-5-11-24(28)12-6-21)31-18-15-29-13-16-30-17-14-29/h1-12H,13-18H2. The predicted molar refractivity (Wildman–Crippen MR) is 127 cm³/mol. The Bertz CT molecular complexity index is 858. The van der Waals surface area contributed by atoms with E-state index < -0.39 is 5.60 Å². The Hall–Kier alpha value is -1.59. The Morgan fingerprint density at radius 2 is 1.06 bits per heavy atom. The minimum Gasteiger partial charge on any atom is -0.379 e. The summed E-state index contributed by atoms with van der Waals surface area (Å²) in [5.74, 6) is 0. The molecule has 6 heteroatoms. The molecule has 3 aromatic rings.